The van der Waals surface area contributed by atoms with E-state index >= 15 is 0 Å². The highest BCUT2D eigenvalue weighted by atomic mass is 16.6. The van der Waals surface area contributed by atoms with Gasteiger partial charge in [0.15, 0.2) is 0 Å². The van der Waals surface area contributed by atoms with E-state index in [1.54, 1.807) is 26.0 Å². The molecule has 1 N–H and O–H groups in total. The number of carbonyl (C=O) groups is 2. The van der Waals surface area contributed by atoms with Gasteiger partial charge < -0.3 is 19.2 Å². The van der Waals surface area contributed by atoms with Crippen molar-refractivity contribution in [1.82, 2.24) is 5.32 Å². The summed E-state index contributed by atoms with van der Waals surface area (Å²) in [6, 6.07) is 13.4. The molecule has 0 unspecified atom stereocenters. The molecule has 2 aromatic carbocycles. The number of esters is 1. The number of fused-ring (bicyclic) bond motifs is 3. The van der Waals surface area contributed by atoms with Crippen LogP contribution in [-0.4, -0.2) is 18.1 Å². The van der Waals surface area contributed by atoms with Crippen LogP contribution < -0.4 is 15.7 Å². The van der Waals surface area contributed by atoms with E-state index in [9.17, 15) is 14.4 Å². The second-order valence-corrected chi connectivity index (χ2v) is 8.56. The van der Waals surface area contributed by atoms with Crippen molar-refractivity contribution in [3.63, 3.8) is 0 Å². The van der Waals surface area contributed by atoms with Gasteiger partial charge in [-0.3, -0.25) is 0 Å². The van der Waals surface area contributed by atoms with Gasteiger partial charge in [-0.25, -0.2) is 14.4 Å². The number of carbonyl (C=O) groups excluding carboxylic acids is 2. The van der Waals surface area contributed by atoms with E-state index in [2.05, 4.69) is 5.32 Å². The van der Waals surface area contributed by atoms with Gasteiger partial charge in [0.1, 0.15) is 24.0 Å². The van der Waals surface area contributed by atoms with Crippen molar-refractivity contribution in [2.45, 2.75) is 52.2 Å². The number of hydrogen-bond donors (Lipinski definition) is 1. The maximum Gasteiger partial charge on any atom is 0.408 e. The Balaban J connectivity index is 1.45. The number of ether oxygens (including phenoxy) is 2. The van der Waals surface area contributed by atoms with Crippen LogP contribution in [0.25, 0.3) is 11.0 Å². The molecule has 0 saturated heterocycles. The smallest absolute Gasteiger partial charge is 0.408 e. The summed E-state index contributed by atoms with van der Waals surface area (Å²) in [7, 11) is 0. The Morgan fingerprint density at radius 1 is 1.03 bits per heavy atom. The number of hydrogen-bond acceptors (Lipinski definition) is 6. The third-order valence-corrected chi connectivity index (χ3v) is 5.82. The highest BCUT2D eigenvalue weighted by molar-refractivity contribution is 5.86. The largest absolute Gasteiger partial charge is 0.445 e. The fourth-order valence-corrected chi connectivity index (χ4v) is 4.06. The minimum absolute atomic E-state index is 0.0978. The van der Waals surface area contributed by atoms with Crippen molar-refractivity contribution in [3.05, 3.63) is 75.6 Å². The fourth-order valence-electron chi connectivity index (χ4n) is 4.06. The topological polar surface area (TPSA) is 94.8 Å². The summed E-state index contributed by atoms with van der Waals surface area (Å²) in [5, 5.41) is 3.45. The van der Waals surface area contributed by atoms with E-state index in [-0.39, 0.29) is 23.9 Å². The van der Waals surface area contributed by atoms with E-state index in [1.165, 1.54) is 0 Å². The molecule has 7 heteroatoms. The molecule has 172 valence electrons. The minimum atomic E-state index is -0.903. The van der Waals surface area contributed by atoms with E-state index < -0.39 is 18.1 Å². The lowest BCUT2D eigenvalue weighted by Crippen LogP contribution is -2.46. The van der Waals surface area contributed by atoms with Gasteiger partial charge in [-0.2, -0.15) is 0 Å². The second kappa shape index (κ2) is 9.90. The number of alkyl carbamates (subject to hydrolysis) is 1. The Labute approximate surface area is 191 Å². The third kappa shape index (κ3) is 5.25. The molecular weight excluding hydrogens is 422 g/mol. The molecule has 0 fully saturated rings. The normalized spacial score (nSPS) is 13.9. The molecule has 1 aromatic heterocycles. The summed E-state index contributed by atoms with van der Waals surface area (Å²) in [5.41, 5.74) is 2.67. The first-order chi connectivity index (χ1) is 15.9. The minimum Gasteiger partial charge on any atom is -0.445 e. The van der Waals surface area contributed by atoms with Gasteiger partial charge in [0, 0.05) is 17.0 Å². The van der Waals surface area contributed by atoms with Crippen LogP contribution in [0.5, 0.6) is 5.75 Å². The molecule has 1 heterocycles. The van der Waals surface area contributed by atoms with Crippen molar-refractivity contribution < 1.29 is 23.5 Å². The highest BCUT2D eigenvalue weighted by Crippen LogP contribution is 2.29. The number of amides is 1. The summed E-state index contributed by atoms with van der Waals surface area (Å²) >= 11 is 0. The summed E-state index contributed by atoms with van der Waals surface area (Å²) in [5.74, 6) is -0.606. The number of rotatable bonds is 6. The molecule has 7 nitrogen and oxygen atoms in total. The van der Waals surface area contributed by atoms with Crippen LogP contribution in [0, 0.1) is 5.92 Å². The highest BCUT2D eigenvalue weighted by Gasteiger charge is 2.27. The summed E-state index contributed by atoms with van der Waals surface area (Å²) in [4.78, 5) is 37.4. The molecule has 0 saturated carbocycles. The van der Waals surface area contributed by atoms with Crippen LogP contribution in [0.3, 0.4) is 0 Å². The van der Waals surface area contributed by atoms with Crippen molar-refractivity contribution in [1.29, 1.82) is 0 Å². The Morgan fingerprint density at radius 2 is 1.76 bits per heavy atom. The molecule has 0 radical (unpaired) electrons. The van der Waals surface area contributed by atoms with E-state index in [1.807, 2.05) is 36.4 Å². The average molecular weight is 450 g/mol. The Kier molecular flexibility index (Phi) is 6.77. The fraction of sp³-hybridized carbons (Fsp3) is 0.346. The van der Waals surface area contributed by atoms with Gasteiger partial charge in [-0.05, 0) is 54.9 Å². The van der Waals surface area contributed by atoms with Crippen LogP contribution in [0.2, 0.25) is 0 Å². The molecule has 0 bridgehead atoms. The predicted octanol–water partition coefficient (Wildman–Crippen LogP) is 4.53. The van der Waals surface area contributed by atoms with Gasteiger partial charge >= 0.3 is 17.7 Å². The summed E-state index contributed by atoms with van der Waals surface area (Å²) in [6.45, 7) is 3.70. The summed E-state index contributed by atoms with van der Waals surface area (Å²) < 4.78 is 16.2. The predicted molar refractivity (Wildman–Crippen MR) is 123 cm³/mol. The van der Waals surface area contributed by atoms with Crippen molar-refractivity contribution in [3.8, 4) is 5.75 Å². The van der Waals surface area contributed by atoms with Crippen molar-refractivity contribution >= 4 is 23.0 Å². The zero-order valence-electron chi connectivity index (χ0n) is 18.8. The molecule has 0 spiro atoms. The molecule has 1 atom stereocenters. The van der Waals surface area contributed by atoms with Crippen LogP contribution >= 0.6 is 0 Å². The molecule has 1 aliphatic rings. The molecule has 33 heavy (non-hydrogen) atoms. The average Bonchev–Trinajstić information content (AvgIpc) is 2.81. The quantitative estimate of drug-likeness (QED) is 0.338. The molecule has 0 aliphatic heterocycles. The standard InChI is InChI=1S/C26H27NO6/c1-16(2)23(27-26(30)31-15-17-8-4-3-5-9-17)25(29)32-18-12-13-20-19-10-6-7-11-21(19)24(28)33-22(20)14-18/h3-5,8-9,12-14,16,23H,6-7,10-11,15H2,1-2H3,(H,27,30)/t23-/m1/s1. The van der Waals surface area contributed by atoms with Crippen LogP contribution in [0.15, 0.2) is 57.7 Å². The molecule has 4 rings (SSSR count). The summed E-state index contributed by atoms with van der Waals surface area (Å²) in [6.07, 6.45) is 2.87. The molecule has 1 amide bonds. The maximum atomic E-state index is 12.8. The SMILES string of the molecule is CC(C)[C@@H](NC(=O)OCc1ccccc1)C(=O)Oc1ccc2c3c(c(=O)oc2c1)CCCC3. The Hall–Kier alpha value is -3.61. The van der Waals surface area contributed by atoms with Crippen LogP contribution in [0.1, 0.15) is 43.4 Å². The first-order valence-electron chi connectivity index (χ1n) is 11.2. The number of benzene rings is 2. The monoisotopic (exact) mass is 449 g/mol. The maximum absolute atomic E-state index is 12.8. The van der Waals surface area contributed by atoms with Gasteiger partial charge in [-0.15, -0.1) is 0 Å². The second-order valence-electron chi connectivity index (χ2n) is 8.56. The van der Waals surface area contributed by atoms with Gasteiger partial charge in [-0.1, -0.05) is 44.2 Å². The first kappa shape index (κ1) is 22.6. The van der Waals surface area contributed by atoms with Crippen molar-refractivity contribution in [2.75, 3.05) is 0 Å². The van der Waals surface area contributed by atoms with Crippen LogP contribution in [-0.2, 0) is 29.0 Å². The molecular formula is C26H27NO6. The third-order valence-electron chi connectivity index (χ3n) is 5.82. The van der Waals surface area contributed by atoms with Gasteiger partial charge in [0.25, 0.3) is 0 Å². The van der Waals surface area contributed by atoms with E-state index in [4.69, 9.17) is 13.9 Å². The zero-order valence-corrected chi connectivity index (χ0v) is 18.8. The van der Waals surface area contributed by atoms with E-state index in [0.717, 1.165) is 47.8 Å². The van der Waals surface area contributed by atoms with Crippen molar-refractivity contribution in [2.24, 2.45) is 5.92 Å². The first-order valence-corrected chi connectivity index (χ1v) is 11.2. The van der Waals surface area contributed by atoms with Gasteiger partial charge in [0.05, 0.1) is 0 Å². The molecule has 1 aliphatic carbocycles. The number of aryl methyl sites for hydroxylation is 1. The van der Waals surface area contributed by atoms with Gasteiger partial charge in [0.2, 0.25) is 0 Å². The molecule has 3 aromatic rings. The lowest BCUT2D eigenvalue weighted by Gasteiger charge is -2.21. The Morgan fingerprint density at radius 3 is 2.48 bits per heavy atom. The van der Waals surface area contributed by atoms with E-state index in [0.29, 0.717) is 5.58 Å². The van der Waals surface area contributed by atoms with Crippen LogP contribution in [0.4, 0.5) is 4.79 Å². The zero-order chi connectivity index (χ0) is 23.4. The number of nitrogens with one attached hydrogen (secondary N) is 1. The lowest BCUT2D eigenvalue weighted by atomic mass is 9.91. The Bertz CT molecular complexity index is 1210. The lowest BCUT2D eigenvalue weighted by molar-refractivity contribution is -0.137.